The molecule has 1 heterocycles. The second-order valence-corrected chi connectivity index (χ2v) is 13.6. The highest BCUT2D eigenvalue weighted by Gasteiger charge is 2.30. The van der Waals surface area contributed by atoms with Crippen molar-refractivity contribution in [3.8, 4) is 5.75 Å². The number of ether oxygens (including phenoxy) is 2. The second kappa shape index (κ2) is 14.3. The van der Waals surface area contributed by atoms with Crippen LogP contribution in [0.4, 0.5) is 0 Å². The highest BCUT2D eigenvalue weighted by molar-refractivity contribution is 7.89. The lowest BCUT2D eigenvalue weighted by Gasteiger charge is -2.40. The van der Waals surface area contributed by atoms with Gasteiger partial charge in [0, 0.05) is 45.8 Å². The smallest absolute Gasteiger partial charge is 0.248 e. The Bertz CT molecular complexity index is 1030. The lowest BCUT2D eigenvalue weighted by molar-refractivity contribution is -0.137. The fraction of sp³-hybridized carbons (Fsp3) is 0.759. The monoisotopic (exact) mass is 566 g/mol. The molecule has 0 radical (unpaired) electrons. The van der Waals surface area contributed by atoms with E-state index in [9.17, 15) is 13.2 Å². The Kier molecular flexibility index (Phi) is 11.6. The van der Waals surface area contributed by atoms with Gasteiger partial charge in [-0.3, -0.25) is 4.79 Å². The lowest BCUT2D eigenvalue weighted by atomic mass is 9.84. The first kappa shape index (κ1) is 31.8. The number of carbonyl (C=O) groups excluding carboxylic acids is 1. The predicted molar refractivity (Wildman–Crippen MR) is 155 cm³/mol. The summed E-state index contributed by atoms with van der Waals surface area (Å²) in [6, 6.07) is 4.35. The van der Waals surface area contributed by atoms with E-state index < -0.39 is 10.0 Å². The van der Waals surface area contributed by atoms with E-state index in [0.29, 0.717) is 28.8 Å². The van der Waals surface area contributed by atoms with Crippen LogP contribution in [-0.4, -0.2) is 120 Å². The van der Waals surface area contributed by atoms with Crippen molar-refractivity contribution in [1.82, 2.24) is 19.0 Å². The standard InChI is InChI=1S/C29H50N4O5S/c1-22-17-27(37-7)18-23(2)29(22)39(35,36)31(5)15-16-38-21-28(34)32(6)25-12-10-24(11-13-25)19-33-14-8-9-26(20-33)30(3)4/h17-18,24-26H,8-16,19-21H2,1-7H3. The first-order valence-electron chi connectivity index (χ1n) is 14.3. The third-order valence-electron chi connectivity index (χ3n) is 8.60. The molecule has 1 amide bonds. The van der Waals surface area contributed by atoms with Gasteiger partial charge in [0.15, 0.2) is 0 Å². The Morgan fingerprint density at radius 2 is 1.64 bits per heavy atom. The van der Waals surface area contributed by atoms with Gasteiger partial charge in [-0.05, 0) is 102 Å². The van der Waals surface area contributed by atoms with Gasteiger partial charge in [-0.25, -0.2) is 8.42 Å². The average Bonchev–Trinajstić information content (AvgIpc) is 2.90. The third-order valence-corrected chi connectivity index (χ3v) is 10.8. The number of benzene rings is 1. The molecule has 1 unspecified atom stereocenters. The Morgan fingerprint density at radius 3 is 2.23 bits per heavy atom. The quantitative estimate of drug-likeness (QED) is 0.360. The van der Waals surface area contributed by atoms with E-state index in [1.165, 1.54) is 36.8 Å². The van der Waals surface area contributed by atoms with Gasteiger partial charge in [-0.1, -0.05) is 0 Å². The van der Waals surface area contributed by atoms with Crippen LogP contribution in [0, 0.1) is 19.8 Å². The summed E-state index contributed by atoms with van der Waals surface area (Å²) in [6.07, 6.45) is 6.92. The predicted octanol–water partition coefficient (Wildman–Crippen LogP) is 2.99. The molecule has 0 bridgehead atoms. The first-order chi connectivity index (χ1) is 18.4. The number of aryl methyl sites for hydroxylation is 2. The van der Waals surface area contributed by atoms with Crippen LogP contribution in [-0.2, 0) is 19.6 Å². The number of sulfonamides is 1. The number of piperidine rings is 1. The molecule has 2 aliphatic rings. The van der Waals surface area contributed by atoms with E-state index in [-0.39, 0.29) is 36.6 Å². The molecule has 1 aliphatic carbocycles. The van der Waals surface area contributed by atoms with Crippen LogP contribution < -0.4 is 4.74 Å². The molecule has 0 N–H and O–H groups in total. The molecular weight excluding hydrogens is 516 g/mol. The van der Waals surface area contributed by atoms with Crippen LogP contribution >= 0.6 is 0 Å². The van der Waals surface area contributed by atoms with E-state index in [1.807, 2.05) is 11.9 Å². The Labute approximate surface area is 236 Å². The SMILES string of the molecule is COc1cc(C)c(S(=O)(=O)N(C)CCOCC(=O)N(C)C2CCC(CN3CCCC(N(C)C)C3)CC2)c(C)c1. The zero-order valence-electron chi connectivity index (χ0n) is 25.1. The fourth-order valence-electron chi connectivity index (χ4n) is 6.07. The summed E-state index contributed by atoms with van der Waals surface area (Å²) in [5.41, 5.74) is 1.28. The first-order valence-corrected chi connectivity index (χ1v) is 15.7. The van der Waals surface area contributed by atoms with Gasteiger partial charge in [0.25, 0.3) is 0 Å². The van der Waals surface area contributed by atoms with E-state index in [1.54, 1.807) is 40.1 Å². The normalized spacial score (nSPS) is 22.8. The largest absolute Gasteiger partial charge is 0.497 e. The molecule has 222 valence electrons. The number of methoxy groups -OCH3 is 1. The van der Waals surface area contributed by atoms with Crippen molar-refractivity contribution in [3.05, 3.63) is 23.3 Å². The maximum Gasteiger partial charge on any atom is 0.248 e. The van der Waals surface area contributed by atoms with Crippen molar-refractivity contribution < 1.29 is 22.7 Å². The summed E-state index contributed by atoms with van der Waals surface area (Å²) in [6.45, 7) is 7.36. The average molecular weight is 567 g/mol. The maximum absolute atomic E-state index is 13.2. The van der Waals surface area contributed by atoms with Crippen molar-refractivity contribution in [2.24, 2.45) is 5.92 Å². The molecule has 1 saturated carbocycles. The Hall–Kier alpha value is -1.72. The minimum atomic E-state index is -3.69. The number of hydrogen-bond acceptors (Lipinski definition) is 7. The molecule has 1 aromatic rings. The van der Waals surface area contributed by atoms with Crippen LogP contribution in [0.1, 0.15) is 49.7 Å². The summed E-state index contributed by atoms with van der Waals surface area (Å²) >= 11 is 0. The number of nitrogens with zero attached hydrogens (tertiary/aromatic N) is 4. The third kappa shape index (κ3) is 8.39. The topological polar surface area (TPSA) is 82.6 Å². The van der Waals surface area contributed by atoms with Crippen LogP contribution in [0.15, 0.2) is 17.0 Å². The van der Waals surface area contributed by atoms with Crippen LogP contribution in [0.2, 0.25) is 0 Å². The number of hydrogen-bond donors (Lipinski definition) is 0. The Morgan fingerprint density at radius 1 is 1.00 bits per heavy atom. The van der Waals surface area contributed by atoms with E-state index in [0.717, 1.165) is 25.7 Å². The second-order valence-electron chi connectivity index (χ2n) is 11.7. The number of likely N-dealkylation sites (N-methyl/N-ethyl adjacent to an activating group) is 3. The highest BCUT2D eigenvalue weighted by atomic mass is 32.2. The van der Waals surface area contributed by atoms with Gasteiger partial charge in [0.05, 0.1) is 18.6 Å². The molecule has 10 heteroatoms. The summed E-state index contributed by atoms with van der Waals surface area (Å²) in [5, 5.41) is 0. The van der Waals surface area contributed by atoms with Crippen LogP contribution in [0.5, 0.6) is 5.75 Å². The number of amides is 1. The number of likely N-dealkylation sites (tertiary alicyclic amines) is 1. The molecule has 1 atom stereocenters. The summed E-state index contributed by atoms with van der Waals surface area (Å²) in [7, 11) is 5.65. The zero-order chi connectivity index (χ0) is 28.7. The van der Waals surface area contributed by atoms with Crippen LogP contribution in [0.25, 0.3) is 0 Å². The molecule has 3 rings (SSSR count). The number of rotatable bonds is 12. The summed E-state index contributed by atoms with van der Waals surface area (Å²) < 4.78 is 38.5. The van der Waals surface area contributed by atoms with Crippen molar-refractivity contribution in [2.75, 3.05) is 74.7 Å². The van der Waals surface area contributed by atoms with Gasteiger partial charge in [0.2, 0.25) is 15.9 Å². The van der Waals surface area contributed by atoms with E-state index in [4.69, 9.17) is 9.47 Å². The molecule has 1 saturated heterocycles. The zero-order valence-corrected chi connectivity index (χ0v) is 25.9. The molecule has 1 aliphatic heterocycles. The molecule has 0 spiro atoms. The van der Waals surface area contributed by atoms with Crippen molar-refractivity contribution >= 4 is 15.9 Å². The van der Waals surface area contributed by atoms with Crippen LogP contribution in [0.3, 0.4) is 0 Å². The fourth-order valence-corrected chi connectivity index (χ4v) is 7.63. The van der Waals surface area contributed by atoms with E-state index in [2.05, 4.69) is 23.9 Å². The molecule has 9 nitrogen and oxygen atoms in total. The summed E-state index contributed by atoms with van der Waals surface area (Å²) in [5.74, 6) is 1.29. The minimum absolute atomic E-state index is 0.0371. The van der Waals surface area contributed by atoms with Gasteiger partial charge in [-0.15, -0.1) is 0 Å². The van der Waals surface area contributed by atoms with Crippen molar-refractivity contribution in [3.63, 3.8) is 0 Å². The van der Waals surface area contributed by atoms with Gasteiger partial charge >= 0.3 is 0 Å². The van der Waals surface area contributed by atoms with Gasteiger partial charge in [0.1, 0.15) is 12.4 Å². The van der Waals surface area contributed by atoms with Gasteiger partial charge < -0.3 is 24.2 Å². The van der Waals surface area contributed by atoms with E-state index >= 15 is 0 Å². The number of carbonyl (C=O) groups is 1. The summed E-state index contributed by atoms with van der Waals surface area (Å²) in [4.78, 5) is 19.9. The van der Waals surface area contributed by atoms with Crippen molar-refractivity contribution in [1.29, 1.82) is 0 Å². The molecular formula is C29H50N4O5S. The highest BCUT2D eigenvalue weighted by Crippen LogP contribution is 2.29. The molecule has 39 heavy (non-hydrogen) atoms. The molecule has 1 aromatic carbocycles. The van der Waals surface area contributed by atoms with Gasteiger partial charge in [-0.2, -0.15) is 4.31 Å². The van der Waals surface area contributed by atoms with Crippen molar-refractivity contribution in [2.45, 2.75) is 69.4 Å². The minimum Gasteiger partial charge on any atom is -0.497 e. The maximum atomic E-state index is 13.2. The molecule has 2 fully saturated rings. The Balaban J connectivity index is 1.39. The molecule has 0 aromatic heterocycles. The lowest BCUT2D eigenvalue weighted by Crippen LogP contribution is -2.47.